The van der Waals surface area contributed by atoms with Gasteiger partial charge in [0.05, 0.1) is 10.3 Å². The molecule has 4 aromatic rings. The molecule has 0 aliphatic carbocycles. The summed E-state index contributed by atoms with van der Waals surface area (Å²) in [5.74, 6) is 0. The van der Waals surface area contributed by atoms with Crippen LogP contribution in [0.5, 0.6) is 0 Å². The van der Waals surface area contributed by atoms with E-state index in [9.17, 15) is 0 Å². The fourth-order valence-electron chi connectivity index (χ4n) is 4.05. The third-order valence-electron chi connectivity index (χ3n) is 5.54. The standard InChI is InChI=1S/C26H24P2/c27-25(21-13-5-1-6-14-21,22-15-7-2-8-16-22)26(28,23-17-9-3-10-18-23)24-19-11-4-12-20-24/h1-20H,27-28H2. The fourth-order valence-corrected chi connectivity index (χ4v) is 5.48. The molecule has 0 fully saturated rings. The van der Waals surface area contributed by atoms with Gasteiger partial charge < -0.3 is 0 Å². The number of benzene rings is 4. The monoisotopic (exact) mass is 398 g/mol. The lowest BCUT2D eigenvalue weighted by Gasteiger charge is -2.48. The molecule has 0 amide bonds. The van der Waals surface area contributed by atoms with Crippen LogP contribution in [-0.2, 0) is 10.3 Å². The molecule has 0 N–H and O–H groups in total. The Morgan fingerprint density at radius 1 is 0.321 bits per heavy atom. The first-order valence-electron chi connectivity index (χ1n) is 9.47. The number of hydrogen-bond donors (Lipinski definition) is 0. The van der Waals surface area contributed by atoms with Crippen molar-refractivity contribution in [3.05, 3.63) is 144 Å². The van der Waals surface area contributed by atoms with E-state index < -0.39 is 0 Å². The molecule has 4 rings (SSSR count). The maximum Gasteiger partial charge on any atom is 0.0514 e. The van der Waals surface area contributed by atoms with Gasteiger partial charge in [-0.25, -0.2) is 0 Å². The largest absolute Gasteiger partial charge is 0.120 e. The van der Waals surface area contributed by atoms with Gasteiger partial charge in [-0.05, 0) is 22.3 Å². The van der Waals surface area contributed by atoms with E-state index in [0.717, 1.165) is 0 Å². The van der Waals surface area contributed by atoms with Gasteiger partial charge in [-0.1, -0.05) is 121 Å². The molecule has 4 aromatic carbocycles. The summed E-state index contributed by atoms with van der Waals surface area (Å²) in [4.78, 5) is 0. The van der Waals surface area contributed by atoms with Crippen LogP contribution in [0, 0.1) is 0 Å². The second-order valence-electron chi connectivity index (χ2n) is 7.08. The van der Waals surface area contributed by atoms with Gasteiger partial charge in [-0.3, -0.25) is 0 Å². The Kier molecular flexibility index (Phi) is 5.45. The minimum absolute atomic E-state index is 0.372. The Morgan fingerprint density at radius 2 is 0.500 bits per heavy atom. The Labute approximate surface area is 172 Å². The van der Waals surface area contributed by atoms with Crippen LogP contribution in [0.15, 0.2) is 121 Å². The normalized spacial score (nSPS) is 11.9. The molecule has 0 radical (unpaired) electrons. The van der Waals surface area contributed by atoms with E-state index in [0.29, 0.717) is 0 Å². The second-order valence-corrected chi connectivity index (χ2v) is 8.81. The molecule has 2 heteroatoms. The van der Waals surface area contributed by atoms with Crippen LogP contribution < -0.4 is 0 Å². The zero-order valence-electron chi connectivity index (χ0n) is 15.7. The Balaban J connectivity index is 2.09. The topological polar surface area (TPSA) is 0 Å². The summed E-state index contributed by atoms with van der Waals surface area (Å²) < 4.78 is 0. The van der Waals surface area contributed by atoms with E-state index >= 15 is 0 Å². The average Bonchev–Trinajstić information content (AvgIpc) is 2.80. The number of hydrogen-bond acceptors (Lipinski definition) is 0. The minimum Gasteiger partial charge on any atom is -0.120 e. The first-order chi connectivity index (χ1) is 13.7. The molecule has 2 unspecified atom stereocenters. The summed E-state index contributed by atoms with van der Waals surface area (Å²) in [6.07, 6.45) is 0. The van der Waals surface area contributed by atoms with Gasteiger partial charge in [0.15, 0.2) is 0 Å². The van der Waals surface area contributed by atoms with Crippen molar-refractivity contribution < 1.29 is 0 Å². The van der Waals surface area contributed by atoms with Crippen LogP contribution in [0.25, 0.3) is 0 Å². The molecule has 0 aromatic heterocycles. The van der Waals surface area contributed by atoms with Crippen molar-refractivity contribution >= 4 is 18.5 Å². The molecular weight excluding hydrogens is 374 g/mol. The second kappa shape index (κ2) is 8.00. The molecule has 0 aliphatic rings. The molecule has 28 heavy (non-hydrogen) atoms. The lowest BCUT2D eigenvalue weighted by molar-refractivity contribution is 0.583. The van der Waals surface area contributed by atoms with Crippen molar-refractivity contribution in [1.82, 2.24) is 0 Å². The third-order valence-corrected chi connectivity index (χ3v) is 8.12. The van der Waals surface area contributed by atoms with Gasteiger partial charge in [-0.15, -0.1) is 18.5 Å². The smallest absolute Gasteiger partial charge is 0.0514 e. The highest BCUT2D eigenvalue weighted by Gasteiger charge is 2.49. The highest BCUT2D eigenvalue weighted by molar-refractivity contribution is 7.25. The molecule has 0 bridgehead atoms. The van der Waals surface area contributed by atoms with Crippen molar-refractivity contribution in [3.8, 4) is 0 Å². The zero-order valence-corrected chi connectivity index (χ0v) is 18.0. The predicted octanol–water partition coefficient (Wildman–Crippen LogP) is 6.62. The van der Waals surface area contributed by atoms with Gasteiger partial charge in [0.1, 0.15) is 0 Å². The van der Waals surface area contributed by atoms with Gasteiger partial charge >= 0.3 is 0 Å². The highest BCUT2D eigenvalue weighted by Crippen LogP contribution is 2.60. The highest BCUT2D eigenvalue weighted by atomic mass is 31.0. The first-order valence-corrected chi connectivity index (χ1v) is 10.6. The lowest BCUT2D eigenvalue weighted by atomic mass is 9.71. The van der Waals surface area contributed by atoms with Crippen LogP contribution in [0.4, 0.5) is 0 Å². The summed E-state index contributed by atoms with van der Waals surface area (Å²) in [6, 6.07) is 43.1. The average molecular weight is 398 g/mol. The van der Waals surface area contributed by atoms with Crippen LogP contribution in [0.2, 0.25) is 0 Å². The Morgan fingerprint density at radius 3 is 0.679 bits per heavy atom. The summed E-state index contributed by atoms with van der Waals surface area (Å²) in [6.45, 7) is 0. The summed E-state index contributed by atoms with van der Waals surface area (Å²) in [5, 5.41) is -0.744. The first kappa shape index (κ1) is 19.1. The minimum atomic E-state index is -0.372. The molecule has 0 spiro atoms. The van der Waals surface area contributed by atoms with E-state index in [4.69, 9.17) is 0 Å². The molecule has 2 atom stereocenters. The van der Waals surface area contributed by atoms with Crippen molar-refractivity contribution in [1.29, 1.82) is 0 Å². The van der Waals surface area contributed by atoms with Crippen LogP contribution in [0.1, 0.15) is 22.3 Å². The van der Waals surface area contributed by atoms with Gasteiger partial charge in [0.2, 0.25) is 0 Å². The van der Waals surface area contributed by atoms with Crippen molar-refractivity contribution in [2.24, 2.45) is 0 Å². The van der Waals surface area contributed by atoms with Crippen molar-refractivity contribution in [2.75, 3.05) is 0 Å². The molecule has 0 saturated heterocycles. The van der Waals surface area contributed by atoms with E-state index in [-0.39, 0.29) is 10.3 Å². The molecule has 138 valence electrons. The lowest BCUT2D eigenvalue weighted by Crippen LogP contribution is -2.42. The zero-order chi connectivity index (χ0) is 19.5. The van der Waals surface area contributed by atoms with E-state index in [2.05, 4.69) is 140 Å². The number of rotatable bonds is 5. The van der Waals surface area contributed by atoms with Gasteiger partial charge in [-0.2, -0.15) is 0 Å². The molecule has 0 saturated carbocycles. The van der Waals surface area contributed by atoms with E-state index in [1.807, 2.05) is 0 Å². The molecule has 0 nitrogen and oxygen atoms in total. The summed E-state index contributed by atoms with van der Waals surface area (Å²) in [7, 11) is 6.43. The van der Waals surface area contributed by atoms with E-state index in [1.54, 1.807) is 0 Å². The third kappa shape index (κ3) is 3.12. The van der Waals surface area contributed by atoms with Crippen molar-refractivity contribution in [3.63, 3.8) is 0 Å². The summed E-state index contributed by atoms with van der Waals surface area (Å²) >= 11 is 0. The fraction of sp³-hybridized carbons (Fsp3) is 0.0769. The molecule has 0 heterocycles. The molecular formula is C26H24P2. The SMILES string of the molecule is PC(c1ccccc1)(c1ccccc1)C(P)(c1ccccc1)c1ccccc1. The predicted molar refractivity (Wildman–Crippen MR) is 127 cm³/mol. The van der Waals surface area contributed by atoms with Crippen LogP contribution in [0.3, 0.4) is 0 Å². The quantitative estimate of drug-likeness (QED) is 0.331. The van der Waals surface area contributed by atoms with Gasteiger partial charge in [0, 0.05) is 0 Å². The van der Waals surface area contributed by atoms with E-state index in [1.165, 1.54) is 22.3 Å². The Bertz CT molecular complexity index is 847. The van der Waals surface area contributed by atoms with Crippen LogP contribution >= 0.6 is 18.5 Å². The molecule has 0 aliphatic heterocycles. The maximum absolute atomic E-state index is 3.22. The summed E-state index contributed by atoms with van der Waals surface area (Å²) in [5.41, 5.74) is 5.03. The van der Waals surface area contributed by atoms with Gasteiger partial charge in [0.25, 0.3) is 0 Å². The van der Waals surface area contributed by atoms with Crippen LogP contribution in [-0.4, -0.2) is 0 Å². The van der Waals surface area contributed by atoms with Crippen molar-refractivity contribution in [2.45, 2.75) is 10.3 Å². The Hall–Kier alpha value is -2.26. The maximum atomic E-state index is 3.22.